The van der Waals surface area contributed by atoms with Crippen molar-refractivity contribution in [3.8, 4) is 5.75 Å². The fraction of sp³-hybridized carbons (Fsp3) is 0.741. The van der Waals surface area contributed by atoms with Crippen LogP contribution in [0.15, 0.2) is 24.3 Å². The van der Waals surface area contributed by atoms with Crippen molar-refractivity contribution in [1.82, 2.24) is 9.80 Å². The zero-order valence-electron chi connectivity index (χ0n) is 20.6. The molecule has 182 valence electrons. The molecule has 0 aromatic heterocycles. The molecule has 0 N–H and O–H groups in total. The minimum atomic E-state index is -0.420. The molecule has 5 rings (SSSR count). The minimum absolute atomic E-state index is 0.151. The Morgan fingerprint density at radius 2 is 1.85 bits per heavy atom. The van der Waals surface area contributed by atoms with E-state index in [1.807, 2.05) is 25.7 Å². The third-order valence-electron chi connectivity index (χ3n) is 7.97. The Bertz CT molecular complexity index is 831. The summed E-state index contributed by atoms with van der Waals surface area (Å²) in [6, 6.07) is 9.28. The Kier molecular flexibility index (Phi) is 6.34. The molecule has 0 bridgehead atoms. The molecule has 4 fully saturated rings. The molecule has 33 heavy (non-hydrogen) atoms. The van der Waals surface area contributed by atoms with E-state index < -0.39 is 5.60 Å². The van der Waals surface area contributed by atoms with E-state index >= 15 is 0 Å². The molecule has 0 radical (unpaired) electrons. The van der Waals surface area contributed by atoms with Crippen LogP contribution in [0.25, 0.3) is 0 Å². The van der Waals surface area contributed by atoms with Gasteiger partial charge in [0.2, 0.25) is 0 Å². The summed E-state index contributed by atoms with van der Waals surface area (Å²) >= 11 is 0. The molecule has 0 unspecified atom stereocenters. The molecule has 1 aromatic carbocycles. The van der Waals surface area contributed by atoms with Gasteiger partial charge in [-0.25, -0.2) is 4.79 Å². The lowest BCUT2D eigenvalue weighted by molar-refractivity contribution is -0.0347. The van der Waals surface area contributed by atoms with Crippen molar-refractivity contribution in [2.45, 2.75) is 83.0 Å². The summed E-state index contributed by atoms with van der Waals surface area (Å²) in [4.78, 5) is 17.0. The molecule has 2 atom stereocenters. The number of likely N-dealkylation sites (tertiary alicyclic amines) is 2. The first-order chi connectivity index (χ1) is 15.8. The Hall–Kier alpha value is -1.79. The van der Waals surface area contributed by atoms with Gasteiger partial charge in [-0.2, -0.15) is 0 Å². The maximum Gasteiger partial charge on any atom is 0.410 e. The van der Waals surface area contributed by atoms with Crippen LogP contribution in [0.4, 0.5) is 4.79 Å². The second kappa shape index (κ2) is 9.10. The Morgan fingerprint density at radius 1 is 1.09 bits per heavy atom. The van der Waals surface area contributed by atoms with Gasteiger partial charge < -0.3 is 24.0 Å². The van der Waals surface area contributed by atoms with Gasteiger partial charge >= 0.3 is 6.09 Å². The van der Waals surface area contributed by atoms with Crippen molar-refractivity contribution in [3.05, 3.63) is 29.8 Å². The molecule has 3 aliphatic heterocycles. The van der Waals surface area contributed by atoms with Gasteiger partial charge in [0.05, 0.1) is 13.2 Å². The van der Waals surface area contributed by atoms with E-state index in [1.165, 1.54) is 37.7 Å². The lowest BCUT2D eigenvalue weighted by atomic mass is 9.78. The number of nitrogens with zero attached hydrogens (tertiary/aromatic N) is 2. The zero-order chi connectivity index (χ0) is 23.1. The lowest BCUT2D eigenvalue weighted by Gasteiger charge is -2.48. The van der Waals surface area contributed by atoms with Crippen LogP contribution in [0.3, 0.4) is 0 Å². The Labute approximate surface area is 198 Å². The number of amides is 1. The molecule has 6 heteroatoms. The highest BCUT2D eigenvalue weighted by Gasteiger charge is 2.51. The maximum absolute atomic E-state index is 12.3. The highest BCUT2D eigenvalue weighted by atomic mass is 16.6. The fourth-order valence-corrected chi connectivity index (χ4v) is 6.28. The van der Waals surface area contributed by atoms with E-state index in [0.29, 0.717) is 24.0 Å². The molecule has 1 saturated carbocycles. The van der Waals surface area contributed by atoms with Crippen LogP contribution in [-0.2, 0) is 9.47 Å². The Morgan fingerprint density at radius 3 is 2.55 bits per heavy atom. The van der Waals surface area contributed by atoms with Crippen molar-refractivity contribution in [2.75, 3.05) is 39.4 Å². The number of rotatable bonds is 4. The van der Waals surface area contributed by atoms with Crippen molar-refractivity contribution < 1.29 is 19.0 Å². The summed E-state index contributed by atoms with van der Waals surface area (Å²) in [5.74, 6) is 1.63. The summed E-state index contributed by atoms with van der Waals surface area (Å²) in [5.41, 5.74) is 1.28. The van der Waals surface area contributed by atoms with Gasteiger partial charge in [-0.05, 0) is 83.5 Å². The van der Waals surface area contributed by atoms with Gasteiger partial charge in [0.15, 0.2) is 0 Å². The first kappa shape index (κ1) is 23.0. The normalized spacial score (nSPS) is 28.2. The topological polar surface area (TPSA) is 51.2 Å². The largest absolute Gasteiger partial charge is 0.488 e. The van der Waals surface area contributed by atoms with Crippen molar-refractivity contribution >= 4 is 6.09 Å². The third kappa shape index (κ3) is 5.17. The van der Waals surface area contributed by atoms with Crippen LogP contribution < -0.4 is 4.74 Å². The van der Waals surface area contributed by atoms with E-state index in [0.717, 1.165) is 45.0 Å². The summed E-state index contributed by atoms with van der Waals surface area (Å²) in [6.45, 7) is 11.4. The minimum Gasteiger partial charge on any atom is -0.488 e. The monoisotopic (exact) mass is 456 g/mol. The molecule has 3 saturated heterocycles. The predicted octanol–water partition coefficient (Wildman–Crippen LogP) is 4.82. The highest BCUT2D eigenvalue weighted by Crippen LogP contribution is 2.48. The number of carbonyl (C=O) groups is 1. The number of carbonyl (C=O) groups excluding carboxylic acids is 1. The molecule has 4 aliphatic rings. The SMILES string of the molecule is CC(C)(C)OC(=O)N1CC2(CC[C@@H](N3CCC(c4ccccc4O[C@@H]4CCOC4)CC3)C2)C1. The van der Waals surface area contributed by atoms with Gasteiger partial charge in [0.25, 0.3) is 0 Å². The van der Waals surface area contributed by atoms with Crippen molar-refractivity contribution in [1.29, 1.82) is 0 Å². The second-order valence-corrected chi connectivity index (χ2v) is 11.7. The summed E-state index contributed by atoms with van der Waals surface area (Å²) in [6.07, 6.45) is 7.13. The average molecular weight is 457 g/mol. The number of ether oxygens (including phenoxy) is 3. The van der Waals surface area contributed by atoms with Crippen LogP contribution in [0.2, 0.25) is 0 Å². The lowest BCUT2D eigenvalue weighted by Crippen LogP contribution is -2.58. The first-order valence-electron chi connectivity index (χ1n) is 12.9. The Balaban J connectivity index is 1.11. The van der Waals surface area contributed by atoms with E-state index in [2.05, 4.69) is 29.2 Å². The standard InChI is InChI=1S/C27H40N2O4/c1-26(2,3)33-25(30)29-18-27(19-29)12-8-21(16-27)28-13-9-20(10-14-28)23-6-4-5-7-24(23)32-22-11-15-31-17-22/h4-7,20-22H,8-19H2,1-3H3/t21-,22-/m1/s1. The van der Waals surface area contributed by atoms with Gasteiger partial charge in [-0.1, -0.05) is 18.2 Å². The summed E-state index contributed by atoms with van der Waals surface area (Å²) in [5, 5.41) is 0. The molecule has 6 nitrogen and oxygen atoms in total. The quantitative estimate of drug-likeness (QED) is 0.650. The molecular formula is C27H40N2O4. The van der Waals surface area contributed by atoms with Crippen LogP contribution in [0, 0.1) is 5.41 Å². The van der Waals surface area contributed by atoms with Crippen LogP contribution >= 0.6 is 0 Å². The summed E-state index contributed by atoms with van der Waals surface area (Å²) in [7, 11) is 0. The number of hydrogen-bond donors (Lipinski definition) is 0. The number of hydrogen-bond acceptors (Lipinski definition) is 5. The number of piperidine rings is 1. The van der Waals surface area contributed by atoms with Crippen molar-refractivity contribution in [3.63, 3.8) is 0 Å². The molecule has 1 spiro atoms. The molecule has 1 amide bonds. The smallest absolute Gasteiger partial charge is 0.410 e. The van der Waals surface area contributed by atoms with Gasteiger partial charge in [-0.3, -0.25) is 0 Å². The van der Waals surface area contributed by atoms with Gasteiger partial charge in [-0.15, -0.1) is 0 Å². The molecule has 1 aliphatic carbocycles. The van der Waals surface area contributed by atoms with Gasteiger partial charge in [0.1, 0.15) is 17.5 Å². The van der Waals surface area contributed by atoms with E-state index in [4.69, 9.17) is 14.2 Å². The van der Waals surface area contributed by atoms with E-state index in [1.54, 1.807) is 0 Å². The van der Waals surface area contributed by atoms with Crippen molar-refractivity contribution in [2.24, 2.45) is 5.41 Å². The summed E-state index contributed by atoms with van der Waals surface area (Å²) < 4.78 is 17.4. The maximum atomic E-state index is 12.3. The van der Waals surface area contributed by atoms with E-state index in [-0.39, 0.29) is 12.2 Å². The number of para-hydroxylation sites is 1. The fourth-order valence-electron chi connectivity index (χ4n) is 6.28. The highest BCUT2D eigenvalue weighted by molar-refractivity contribution is 5.69. The van der Waals surface area contributed by atoms with Crippen LogP contribution in [0.5, 0.6) is 5.75 Å². The van der Waals surface area contributed by atoms with Crippen LogP contribution in [0.1, 0.15) is 70.8 Å². The average Bonchev–Trinajstić information content (AvgIpc) is 3.42. The molecule has 3 heterocycles. The van der Waals surface area contributed by atoms with E-state index in [9.17, 15) is 4.79 Å². The second-order valence-electron chi connectivity index (χ2n) is 11.7. The predicted molar refractivity (Wildman–Crippen MR) is 128 cm³/mol. The zero-order valence-corrected chi connectivity index (χ0v) is 20.6. The van der Waals surface area contributed by atoms with Crippen LogP contribution in [-0.4, -0.2) is 73.0 Å². The third-order valence-corrected chi connectivity index (χ3v) is 7.97. The first-order valence-corrected chi connectivity index (χ1v) is 12.9. The van der Waals surface area contributed by atoms with Gasteiger partial charge in [0, 0.05) is 31.0 Å². The molecule has 1 aromatic rings. The molecular weight excluding hydrogens is 416 g/mol. The number of benzene rings is 1.